The summed E-state index contributed by atoms with van der Waals surface area (Å²) >= 11 is 0. The Morgan fingerprint density at radius 3 is 2.53 bits per heavy atom. The number of carbonyl (C=O) groups excluding carboxylic acids is 1. The van der Waals surface area contributed by atoms with E-state index < -0.39 is 17.6 Å². The van der Waals surface area contributed by atoms with Crippen molar-refractivity contribution in [2.24, 2.45) is 5.92 Å². The second-order valence-corrected chi connectivity index (χ2v) is 4.46. The molecule has 0 bridgehead atoms. The number of carbonyl (C=O) groups is 1. The predicted octanol–water partition coefficient (Wildman–Crippen LogP) is 1.67. The Bertz CT molecular complexity index is 516. The molecule has 1 aliphatic carbocycles. The topological polar surface area (TPSA) is 77.8 Å². The lowest BCUT2D eigenvalue weighted by Gasteiger charge is -2.25. The van der Waals surface area contributed by atoms with E-state index in [4.69, 9.17) is 5.11 Å². The van der Waals surface area contributed by atoms with Crippen molar-refractivity contribution in [1.29, 1.82) is 0 Å². The molecule has 0 fully saturated rings. The number of allylic oxidation sites excluding steroid dienone is 2. The van der Waals surface area contributed by atoms with Gasteiger partial charge in [0, 0.05) is 18.1 Å². The first-order valence-corrected chi connectivity index (χ1v) is 6.14. The first-order chi connectivity index (χ1) is 9.15. The van der Waals surface area contributed by atoms with Crippen molar-refractivity contribution >= 4 is 5.78 Å². The van der Waals surface area contributed by atoms with Crippen molar-refractivity contribution in [3.8, 4) is 0 Å². The molecule has 0 heterocycles. The first-order valence-electron chi connectivity index (χ1n) is 6.14. The fourth-order valence-corrected chi connectivity index (χ4v) is 2.24. The molecule has 2 rings (SSSR count). The smallest absolute Gasteiger partial charge is 0.219 e. The molecule has 0 aromatic heterocycles. The Kier molecular flexibility index (Phi) is 4.14. The number of rotatable bonds is 4. The lowest BCUT2D eigenvalue weighted by Crippen LogP contribution is -2.21. The highest BCUT2D eigenvalue weighted by atomic mass is 16.3. The Balaban J connectivity index is 2.38. The van der Waals surface area contributed by atoms with Crippen LogP contribution in [0.1, 0.15) is 18.1 Å². The van der Waals surface area contributed by atoms with Crippen molar-refractivity contribution in [1.82, 2.24) is 0 Å². The molecule has 2 unspecified atom stereocenters. The van der Waals surface area contributed by atoms with Crippen LogP contribution in [-0.2, 0) is 4.79 Å². The van der Waals surface area contributed by atoms with E-state index in [1.807, 2.05) is 6.07 Å². The molecule has 0 saturated carbocycles. The SMILES string of the molecule is O=C1C=CC(CCO)C(C(O)c2ccccc2)=C1O. The summed E-state index contributed by atoms with van der Waals surface area (Å²) < 4.78 is 0. The minimum Gasteiger partial charge on any atom is -0.504 e. The number of hydrogen-bond acceptors (Lipinski definition) is 4. The summed E-state index contributed by atoms with van der Waals surface area (Å²) in [6, 6.07) is 8.82. The van der Waals surface area contributed by atoms with Gasteiger partial charge in [0.15, 0.2) is 5.76 Å². The second-order valence-electron chi connectivity index (χ2n) is 4.46. The zero-order chi connectivity index (χ0) is 13.8. The highest BCUT2D eigenvalue weighted by Gasteiger charge is 2.29. The van der Waals surface area contributed by atoms with E-state index in [2.05, 4.69) is 0 Å². The maximum atomic E-state index is 11.5. The van der Waals surface area contributed by atoms with E-state index in [0.717, 1.165) is 0 Å². The molecular formula is C15H16O4. The molecule has 1 aromatic rings. The number of ketones is 1. The lowest BCUT2D eigenvalue weighted by atomic mass is 9.83. The molecule has 1 aromatic carbocycles. The van der Waals surface area contributed by atoms with Crippen molar-refractivity contribution in [2.75, 3.05) is 6.61 Å². The Morgan fingerprint density at radius 1 is 1.21 bits per heavy atom. The average Bonchev–Trinajstić information content (AvgIpc) is 2.44. The third kappa shape index (κ3) is 2.75. The van der Waals surface area contributed by atoms with Gasteiger partial charge in [0.25, 0.3) is 0 Å². The summed E-state index contributed by atoms with van der Waals surface area (Å²) in [5.74, 6) is -1.27. The Labute approximate surface area is 111 Å². The molecule has 4 heteroatoms. The summed E-state index contributed by atoms with van der Waals surface area (Å²) in [6.07, 6.45) is 2.19. The molecule has 0 aliphatic heterocycles. The minimum atomic E-state index is -1.05. The molecule has 4 nitrogen and oxygen atoms in total. The molecule has 0 amide bonds. The Hall–Kier alpha value is -1.91. The molecule has 2 atom stereocenters. The zero-order valence-electron chi connectivity index (χ0n) is 10.4. The molecule has 0 spiro atoms. The summed E-state index contributed by atoms with van der Waals surface area (Å²) in [5, 5.41) is 29.3. The lowest BCUT2D eigenvalue weighted by molar-refractivity contribution is -0.114. The van der Waals surface area contributed by atoms with Crippen LogP contribution in [-0.4, -0.2) is 27.7 Å². The molecule has 3 N–H and O–H groups in total. The van der Waals surface area contributed by atoms with Crippen LogP contribution in [0.25, 0.3) is 0 Å². The van der Waals surface area contributed by atoms with Gasteiger partial charge in [0.05, 0.1) is 0 Å². The van der Waals surface area contributed by atoms with Crippen molar-refractivity contribution < 1.29 is 20.1 Å². The molecule has 19 heavy (non-hydrogen) atoms. The van der Waals surface area contributed by atoms with Crippen molar-refractivity contribution in [3.05, 3.63) is 59.4 Å². The van der Waals surface area contributed by atoms with Gasteiger partial charge < -0.3 is 15.3 Å². The van der Waals surface area contributed by atoms with Gasteiger partial charge in [-0.3, -0.25) is 4.79 Å². The zero-order valence-corrected chi connectivity index (χ0v) is 10.4. The van der Waals surface area contributed by atoms with Crippen LogP contribution < -0.4 is 0 Å². The van der Waals surface area contributed by atoms with Crippen LogP contribution in [0.3, 0.4) is 0 Å². The Morgan fingerprint density at radius 2 is 1.89 bits per heavy atom. The fourth-order valence-electron chi connectivity index (χ4n) is 2.24. The summed E-state index contributed by atoms with van der Waals surface area (Å²) in [6.45, 7) is -0.0819. The van der Waals surface area contributed by atoms with Gasteiger partial charge >= 0.3 is 0 Å². The molecule has 0 radical (unpaired) electrons. The fraction of sp³-hybridized carbons (Fsp3) is 0.267. The van der Waals surface area contributed by atoms with E-state index >= 15 is 0 Å². The van der Waals surface area contributed by atoms with Gasteiger partial charge in [-0.2, -0.15) is 0 Å². The van der Waals surface area contributed by atoms with E-state index in [1.54, 1.807) is 30.3 Å². The normalized spacial score (nSPS) is 20.7. The quantitative estimate of drug-likeness (QED) is 0.769. The predicted molar refractivity (Wildman–Crippen MR) is 70.4 cm³/mol. The number of benzene rings is 1. The van der Waals surface area contributed by atoms with Crippen LogP contribution in [0, 0.1) is 5.92 Å². The monoisotopic (exact) mass is 260 g/mol. The summed E-state index contributed by atoms with van der Waals surface area (Å²) in [5.41, 5.74) is 0.864. The van der Waals surface area contributed by atoms with Gasteiger partial charge in [0.1, 0.15) is 6.10 Å². The van der Waals surface area contributed by atoms with Gasteiger partial charge in [-0.15, -0.1) is 0 Å². The van der Waals surface area contributed by atoms with Crippen LogP contribution >= 0.6 is 0 Å². The standard InChI is InChI=1S/C15H16O4/c16-9-8-10-6-7-12(17)15(19)13(10)14(18)11-4-2-1-3-5-11/h1-7,10,14,16,18-19H,8-9H2. The molecule has 100 valence electrons. The van der Waals surface area contributed by atoms with Gasteiger partial charge in [0.2, 0.25) is 5.78 Å². The van der Waals surface area contributed by atoms with Crippen LogP contribution in [0.5, 0.6) is 0 Å². The summed E-state index contributed by atoms with van der Waals surface area (Å²) in [4.78, 5) is 11.5. The maximum absolute atomic E-state index is 11.5. The van der Waals surface area contributed by atoms with E-state index in [-0.39, 0.29) is 18.1 Å². The third-order valence-electron chi connectivity index (χ3n) is 3.24. The van der Waals surface area contributed by atoms with Crippen molar-refractivity contribution in [2.45, 2.75) is 12.5 Å². The highest BCUT2D eigenvalue weighted by molar-refractivity contribution is 6.03. The van der Waals surface area contributed by atoms with Gasteiger partial charge in [-0.1, -0.05) is 36.4 Å². The van der Waals surface area contributed by atoms with Crippen molar-refractivity contribution in [3.63, 3.8) is 0 Å². The summed E-state index contributed by atoms with van der Waals surface area (Å²) in [7, 11) is 0. The van der Waals surface area contributed by atoms with E-state index in [1.165, 1.54) is 6.08 Å². The van der Waals surface area contributed by atoms with Crippen LogP contribution in [0.4, 0.5) is 0 Å². The average molecular weight is 260 g/mol. The number of aliphatic hydroxyl groups excluding tert-OH is 3. The minimum absolute atomic E-state index is 0.0819. The number of aliphatic hydroxyl groups is 3. The van der Waals surface area contributed by atoms with Crippen LogP contribution in [0.2, 0.25) is 0 Å². The maximum Gasteiger partial charge on any atom is 0.219 e. The highest BCUT2D eigenvalue weighted by Crippen LogP contribution is 2.34. The third-order valence-corrected chi connectivity index (χ3v) is 3.24. The molecule has 1 aliphatic rings. The van der Waals surface area contributed by atoms with Gasteiger partial charge in [-0.25, -0.2) is 0 Å². The van der Waals surface area contributed by atoms with Gasteiger partial charge in [-0.05, 0) is 18.1 Å². The molecular weight excluding hydrogens is 244 g/mol. The first kappa shape index (κ1) is 13.5. The van der Waals surface area contributed by atoms with Crippen LogP contribution in [0.15, 0.2) is 53.8 Å². The largest absolute Gasteiger partial charge is 0.504 e. The number of hydrogen-bond donors (Lipinski definition) is 3. The molecule has 0 saturated heterocycles. The second kappa shape index (κ2) is 5.82. The van der Waals surface area contributed by atoms with E-state index in [0.29, 0.717) is 12.0 Å². The van der Waals surface area contributed by atoms with E-state index in [9.17, 15) is 15.0 Å².